The molecule has 6 heteroatoms. The smallest absolute Gasteiger partial charge is 0.335 e. The van der Waals surface area contributed by atoms with Crippen LogP contribution < -0.4 is 9.47 Å². The Morgan fingerprint density at radius 3 is 2.67 bits per heavy atom. The van der Waals surface area contributed by atoms with Gasteiger partial charge in [-0.15, -0.1) is 0 Å². The number of hydrogen-bond acceptors (Lipinski definition) is 3. The summed E-state index contributed by atoms with van der Waals surface area (Å²) in [5.41, 5.74) is 0.686. The van der Waals surface area contributed by atoms with E-state index in [-0.39, 0.29) is 18.0 Å². The van der Waals surface area contributed by atoms with E-state index < -0.39 is 5.97 Å². The monoisotopic (exact) mass is 402 g/mol. The number of carboxylic acids is 1. The van der Waals surface area contributed by atoms with Gasteiger partial charge >= 0.3 is 5.97 Å². The first-order valence-electron chi connectivity index (χ1n) is 5.99. The van der Waals surface area contributed by atoms with Crippen molar-refractivity contribution in [2.45, 2.75) is 6.61 Å². The van der Waals surface area contributed by atoms with Gasteiger partial charge in [0.1, 0.15) is 23.9 Å². The lowest BCUT2D eigenvalue weighted by molar-refractivity contribution is 0.0696. The molecule has 0 atom stereocenters. The molecule has 0 spiro atoms. The maximum absolute atomic E-state index is 13.3. The molecule has 0 fully saturated rings. The molecule has 0 aliphatic heterocycles. The van der Waals surface area contributed by atoms with Gasteiger partial charge in [0, 0.05) is 5.56 Å². The SMILES string of the molecule is COc1ccc(F)cc1COc1cc(C(=O)O)ccc1I. The third-order valence-corrected chi connectivity index (χ3v) is 3.69. The second-order valence-electron chi connectivity index (χ2n) is 4.20. The minimum Gasteiger partial charge on any atom is -0.496 e. The molecule has 2 rings (SSSR count). The molecule has 21 heavy (non-hydrogen) atoms. The van der Waals surface area contributed by atoms with E-state index in [0.717, 1.165) is 3.57 Å². The zero-order valence-corrected chi connectivity index (χ0v) is 13.3. The Morgan fingerprint density at radius 2 is 2.00 bits per heavy atom. The van der Waals surface area contributed by atoms with Crippen molar-refractivity contribution in [2.24, 2.45) is 0 Å². The van der Waals surface area contributed by atoms with Gasteiger partial charge in [0.2, 0.25) is 0 Å². The van der Waals surface area contributed by atoms with Crippen LogP contribution in [0.2, 0.25) is 0 Å². The van der Waals surface area contributed by atoms with Gasteiger partial charge < -0.3 is 14.6 Å². The quantitative estimate of drug-likeness (QED) is 0.775. The highest BCUT2D eigenvalue weighted by molar-refractivity contribution is 14.1. The predicted molar refractivity (Wildman–Crippen MR) is 83.4 cm³/mol. The zero-order chi connectivity index (χ0) is 15.4. The first-order valence-corrected chi connectivity index (χ1v) is 7.07. The normalized spacial score (nSPS) is 10.2. The molecule has 0 aliphatic carbocycles. The molecule has 0 saturated heterocycles. The highest BCUT2D eigenvalue weighted by Crippen LogP contribution is 2.26. The Balaban J connectivity index is 2.22. The second kappa shape index (κ2) is 6.75. The Hall–Kier alpha value is -1.83. The number of halogens is 2. The second-order valence-corrected chi connectivity index (χ2v) is 5.36. The van der Waals surface area contributed by atoms with Gasteiger partial charge in [0.15, 0.2) is 0 Å². The molecule has 2 aromatic rings. The highest BCUT2D eigenvalue weighted by atomic mass is 127. The summed E-state index contributed by atoms with van der Waals surface area (Å²) in [5.74, 6) is -0.467. The number of hydrogen-bond donors (Lipinski definition) is 1. The fourth-order valence-corrected chi connectivity index (χ4v) is 2.25. The van der Waals surface area contributed by atoms with Gasteiger partial charge in [0.25, 0.3) is 0 Å². The number of ether oxygens (including phenoxy) is 2. The molecule has 0 heterocycles. The molecular formula is C15H12FIO4. The summed E-state index contributed by atoms with van der Waals surface area (Å²) in [5, 5.41) is 8.98. The van der Waals surface area contributed by atoms with Gasteiger partial charge in [-0.25, -0.2) is 9.18 Å². The summed E-state index contributed by atoms with van der Waals surface area (Å²) in [6.07, 6.45) is 0. The summed E-state index contributed by atoms with van der Waals surface area (Å²) in [4.78, 5) is 11.0. The molecule has 110 valence electrons. The van der Waals surface area contributed by atoms with Crippen LogP contribution >= 0.6 is 22.6 Å². The molecule has 1 N–H and O–H groups in total. The standard InChI is InChI=1S/C15H12FIO4/c1-20-13-5-3-11(16)6-10(13)8-21-14-7-9(15(18)19)2-4-12(14)17/h2-7H,8H2,1H3,(H,18,19). The van der Waals surface area contributed by atoms with Crippen molar-refractivity contribution in [2.75, 3.05) is 7.11 Å². The van der Waals surface area contributed by atoms with Crippen LogP contribution in [0, 0.1) is 9.39 Å². The van der Waals surface area contributed by atoms with Gasteiger partial charge in [-0.3, -0.25) is 0 Å². The molecule has 2 aromatic carbocycles. The third kappa shape index (κ3) is 3.84. The van der Waals surface area contributed by atoms with Crippen molar-refractivity contribution in [1.29, 1.82) is 0 Å². The Bertz CT molecular complexity index is 673. The van der Waals surface area contributed by atoms with E-state index in [2.05, 4.69) is 0 Å². The van der Waals surface area contributed by atoms with Gasteiger partial charge in [-0.2, -0.15) is 0 Å². The topological polar surface area (TPSA) is 55.8 Å². The van der Waals surface area contributed by atoms with Crippen LogP contribution in [-0.2, 0) is 6.61 Å². The van der Waals surface area contributed by atoms with Crippen LogP contribution in [0.3, 0.4) is 0 Å². The number of benzene rings is 2. The molecule has 0 aromatic heterocycles. The number of methoxy groups -OCH3 is 1. The molecular weight excluding hydrogens is 390 g/mol. The van der Waals surface area contributed by atoms with Crippen molar-refractivity contribution in [3.8, 4) is 11.5 Å². The molecule has 0 bridgehead atoms. The van der Waals surface area contributed by atoms with E-state index >= 15 is 0 Å². The van der Waals surface area contributed by atoms with E-state index in [0.29, 0.717) is 17.1 Å². The number of carbonyl (C=O) groups is 1. The van der Waals surface area contributed by atoms with Crippen molar-refractivity contribution in [3.05, 3.63) is 56.9 Å². The van der Waals surface area contributed by atoms with Crippen LogP contribution in [0.25, 0.3) is 0 Å². The number of rotatable bonds is 5. The zero-order valence-electron chi connectivity index (χ0n) is 11.1. The maximum Gasteiger partial charge on any atom is 0.335 e. The predicted octanol–water partition coefficient (Wildman–Crippen LogP) is 3.72. The Labute approximate surface area is 134 Å². The fourth-order valence-electron chi connectivity index (χ4n) is 1.76. The first kappa shape index (κ1) is 15.6. The average Bonchev–Trinajstić information content (AvgIpc) is 2.46. The molecule has 0 amide bonds. The van der Waals surface area contributed by atoms with Gasteiger partial charge in [-0.1, -0.05) is 0 Å². The van der Waals surface area contributed by atoms with Crippen LogP contribution in [0.1, 0.15) is 15.9 Å². The fraction of sp³-hybridized carbons (Fsp3) is 0.133. The Morgan fingerprint density at radius 1 is 1.24 bits per heavy atom. The largest absolute Gasteiger partial charge is 0.496 e. The Kier molecular flexibility index (Phi) is 5.00. The van der Waals surface area contributed by atoms with E-state index in [9.17, 15) is 9.18 Å². The van der Waals surface area contributed by atoms with E-state index in [1.165, 1.54) is 37.4 Å². The first-order chi connectivity index (χ1) is 10.0. The molecule has 4 nitrogen and oxygen atoms in total. The average molecular weight is 402 g/mol. The van der Waals surface area contributed by atoms with E-state index in [4.69, 9.17) is 14.6 Å². The summed E-state index contributed by atoms with van der Waals surface area (Å²) < 4.78 is 24.8. The molecule has 0 unspecified atom stereocenters. The summed E-state index contributed by atoms with van der Waals surface area (Å²) in [7, 11) is 1.49. The third-order valence-electron chi connectivity index (χ3n) is 2.80. The lowest BCUT2D eigenvalue weighted by atomic mass is 10.2. The van der Waals surface area contributed by atoms with Crippen molar-refractivity contribution < 1.29 is 23.8 Å². The van der Waals surface area contributed by atoms with Crippen molar-refractivity contribution >= 4 is 28.6 Å². The minimum atomic E-state index is -1.03. The highest BCUT2D eigenvalue weighted by Gasteiger charge is 2.10. The molecule has 0 aliphatic rings. The lowest BCUT2D eigenvalue weighted by Gasteiger charge is -2.12. The minimum absolute atomic E-state index is 0.0833. The molecule has 0 saturated carbocycles. The number of aromatic carboxylic acids is 1. The van der Waals surface area contributed by atoms with Crippen molar-refractivity contribution in [1.82, 2.24) is 0 Å². The van der Waals surface area contributed by atoms with Crippen LogP contribution in [0.4, 0.5) is 4.39 Å². The van der Waals surface area contributed by atoms with Crippen LogP contribution in [0.15, 0.2) is 36.4 Å². The van der Waals surface area contributed by atoms with Crippen LogP contribution in [-0.4, -0.2) is 18.2 Å². The summed E-state index contributed by atoms with van der Waals surface area (Å²) in [6.45, 7) is 0.0833. The van der Waals surface area contributed by atoms with E-state index in [1.54, 1.807) is 6.07 Å². The summed E-state index contributed by atoms with van der Waals surface area (Å²) >= 11 is 2.04. The van der Waals surface area contributed by atoms with Gasteiger partial charge in [0.05, 0.1) is 16.2 Å². The van der Waals surface area contributed by atoms with Gasteiger partial charge in [-0.05, 0) is 59.0 Å². The van der Waals surface area contributed by atoms with E-state index in [1.807, 2.05) is 22.6 Å². The maximum atomic E-state index is 13.3. The van der Waals surface area contributed by atoms with Crippen LogP contribution in [0.5, 0.6) is 11.5 Å². The summed E-state index contributed by atoms with van der Waals surface area (Å²) in [6, 6.07) is 8.74. The molecule has 0 radical (unpaired) electrons. The van der Waals surface area contributed by atoms with Crippen molar-refractivity contribution in [3.63, 3.8) is 0 Å². The number of carboxylic acid groups (broad SMARTS) is 1. The lowest BCUT2D eigenvalue weighted by Crippen LogP contribution is -2.02.